The van der Waals surface area contributed by atoms with Crippen molar-refractivity contribution in [1.82, 2.24) is 0 Å². The Morgan fingerprint density at radius 1 is 1.29 bits per heavy atom. The second-order valence-corrected chi connectivity index (χ2v) is 4.06. The molecule has 1 heterocycles. The van der Waals surface area contributed by atoms with E-state index in [0.29, 0.717) is 0 Å². The van der Waals surface area contributed by atoms with E-state index in [1.165, 1.54) is 6.08 Å². The molecule has 0 spiro atoms. The zero-order valence-corrected chi connectivity index (χ0v) is 9.03. The maximum absolute atomic E-state index is 10.9. The Morgan fingerprint density at radius 2 is 2.00 bits per heavy atom. The minimum atomic E-state index is -0.266. The molecule has 1 aliphatic heterocycles. The number of halogens is 1. The molecule has 1 aromatic carbocycles. The number of rotatable bonds is 2. The summed E-state index contributed by atoms with van der Waals surface area (Å²) in [5.41, 5.74) is 1.16. The van der Waals surface area contributed by atoms with Gasteiger partial charge in [0.1, 0.15) is 6.10 Å². The maximum Gasteiger partial charge on any atom is 0.332 e. The zero-order chi connectivity index (χ0) is 9.97. The third-order valence-corrected chi connectivity index (χ3v) is 2.83. The van der Waals surface area contributed by atoms with E-state index >= 15 is 0 Å². The van der Waals surface area contributed by atoms with Gasteiger partial charge in [0.25, 0.3) is 0 Å². The summed E-state index contributed by atoms with van der Waals surface area (Å²) in [5.74, 6) is -0.266. The summed E-state index contributed by atoms with van der Waals surface area (Å²) in [6, 6.07) is 9.96. The van der Waals surface area contributed by atoms with Crippen molar-refractivity contribution in [2.24, 2.45) is 0 Å². The molecule has 0 saturated carbocycles. The second kappa shape index (κ2) is 3.96. The molecule has 0 bridgehead atoms. The van der Waals surface area contributed by atoms with Crippen LogP contribution >= 0.6 is 15.9 Å². The van der Waals surface area contributed by atoms with Crippen molar-refractivity contribution in [3.63, 3.8) is 0 Å². The van der Waals surface area contributed by atoms with Gasteiger partial charge in [0.2, 0.25) is 0 Å². The van der Waals surface area contributed by atoms with Crippen LogP contribution in [0.15, 0.2) is 40.9 Å². The zero-order valence-electron chi connectivity index (χ0n) is 7.44. The molecule has 0 amide bonds. The molecule has 2 rings (SSSR count). The molecule has 3 heteroatoms. The first-order valence-electron chi connectivity index (χ1n) is 4.37. The summed E-state index contributed by atoms with van der Waals surface area (Å²) < 4.78 is 5.92. The van der Waals surface area contributed by atoms with E-state index in [2.05, 4.69) is 15.9 Å². The lowest BCUT2D eigenvalue weighted by Crippen LogP contribution is -2.12. The largest absolute Gasteiger partial charge is 0.453 e. The number of ether oxygens (including phenoxy) is 1. The minimum absolute atomic E-state index is 0.148. The number of cyclic esters (lactones) is 1. The molecule has 1 aliphatic rings. The van der Waals surface area contributed by atoms with Gasteiger partial charge in [-0.15, -0.1) is 0 Å². The summed E-state index contributed by atoms with van der Waals surface area (Å²) in [6.45, 7) is 0. The van der Waals surface area contributed by atoms with Crippen LogP contribution in [0.5, 0.6) is 0 Å². The number of carbonyl (C=O) groups excluding carboxylic acids is 1. The normalized spacial score (nSPS) is 20.5. The van der Waals surface area contributed by atoms with Gasteiger partial charge in [-0.2, -0.15) is 0 Å². The van der Waals surface area contributed by atoms with Crippen molar-refractivity contribution in [1.29, 1.82) is 0 Å². The Labute approximate surface area is 90.7 Å². The molecular weight excluding hydrogens is 244 g/mol. The topological polar surface area (TPSA) is 26.3 Å². The van der Waals surface area contributed by atoms with Gasteiger partial charge < -0.3 is 4.74 Å². The Kier molecular flexibility index (Phi) is 2.68. The summed E-state index contributed by atoms with van der Waals surface area (Å²) in [4.78, 5) is 10.9. The Morgan fingerprint density at radius 3 is 2.57 bits per heavy atom. The van der Waals surface area contributed by atoms with Gasteiger partial charge in [0.15, 0.2) is 0 Å². The SMILES string of the molecule is O=C1C=C(Br)C(Cc2ccccc2)O1. The smallest absolute Gasteiger partial charge is 0.332 e. The van der Waals surface area contributed by atoms with Crippen LogP contribution < -0.4 is 0 Å². The number of benzene rings is 1. The van der Waals surface area contributed by atoms with Gasteiger partial charge in [-0.05, 0) is 5.56 Å². The van der Waals surface area contributed by atoms with Crippen LogP contribution in [0.4, 0.5) is 0 Å². The Balaban J connectivity index is 2.07. The number of carbonyl (C=O) groups is 1. The molecule has 0 aromatic heterocycles. The molecule has 2 nitrogen and oxygen atoms in total. The quantitative estimate of drug-likeness (QED) is 0.756. The van der Waals surface area contributed by atoms with Crippen molar-refractivity contribution in [2.75, 3.05) is 0 Å². The van der Waals surface area contributed by atoms with E-state index in [9.17, 15) is 4.79 Å². The first kappa shape index (κ1) is 9.46. The van der Waals surface area contributed by atoms with Crippen molar-refractivity contribution < 1.29 is 9.53 Å². The van der Waals surface area contributed by atoms with Gasteiger partial charge in [0.05, 0.1) is 0 Å². The number of esters is 1. The highest BCUT2D eigenvalue weighted by Crippen LogP contribution is 2.24. The van der Waals surface area contributed by atoms with E-state index in [4.69, 9.17) is 4.74 Å². The summed E-state index contributed by atoms with van der Waals surface area (Å²) in [5, 5.41) is 0. The molecule has 0 aliphatic carbocycles. The molecular formula is C11H9BrO2. The molecule has 0 radical (unpaired) electrons. The molecule has 14 heavy (non-hydrogen) atoms. The number of hydrogen-bond acceptors (Lipinski definition) is 2. The number of hydrogen-bond donors (Lipinski definition) is 0. The fourth-order valence-corrected chi connectivity index (χ4v) is 1.85. The average Bonchev–Trinajstić information content (AvgIpc) is 2.47. The Bertz CT molecular complexity index is 370. The van der Waals surface area contributed by atoms with Crippen LogP contribution in [-0.2, 0) is 16.0 Å². The van der Waals surface area contributed by atoms with E-state index < -0.39 is 0 Å². The van der Waals surface area contributed by atoms with Crippen molar-refractivity contribution in [2.45, 2.75) is 12.5 Å². The van der Waals surface area contributed by atoms with E-state index in [1.807, 2.05) is 30.3 Å². The van der Waals surface area contributed by atoms with Gasteiger partial charge >= 0.3 is 5.97 Å². The van der Waals surface area contributed by atoms with Gasteiger partial charge in [-0.25, -0.2) is 4.79 Å². The van der Waals surface area contributed by atoms with Crippen LogP contribution in [-0.4, -0.2) is 12.1 Å². The molecule has 0 fully saturated rings. The lowest BCUT2D eigenvalue weighted by Gasteiger charge is -2.10. The first-order valence-corrected chi connectivity index (χ1v) is 5.16. The molecule has 0 saturated heterocycles. The van der Waals surface area contributed by atoms with E-state index in [-0.39, 0.29) is 12.1 Å². The highest BCUT2D eigenvalue weighted by atomic mass is 79.9. The van der Waals surface area contributed by atoms with E-state index in [1.54, 1.807) is 0 Å². The van der Waals surface area contributed by atoms with Crippen LogP contribution in [0.2, 0.25) is 0 Å². The maximum atomic E-state index is 10.9. The minimum Gasteiger partial charge on any atom is -0.453 e. The predicted molar refractivity (Wildman–Crippen MR) is 57.0 cm³/mol. The van der Waals surface area contributed by atoms with Crippen LogP contribution in [0.3, 0.4) is 0 Å². The van der Waals surface area contributed by atoms with Crippen molar-refractivity contribution >= 4 is 21.9 Å². The van der Waals surface area contributed by atoms with Crippen molar-refractivity contribution in [3.8, 4) is 0 Å². The highest BCUT2D eigenvalue weighted by Gasteiger charge is 2.24. The third-order valence-electron chi connectivity index (χ3n) is 2.09. The van der Waals surface area contributed by atoms with Crippen LogP contribution in [0, 0.1) is 0 Å². The van der Waals surface area contributed by atoms with Gasteiger partial charge in [-0.1, -0.05) is 46.3 Å². The Hall–Kier alpha value is -1.09. The average molecular weight is 253 g/mol. The molecule has 1 atom stereocenters. The van der Waals surface area contributed by atoms with E-state index in [0.717, 1.165) is 16.5 Å². The van der Waals surface area contributed by atoms with Gasteiger partial charge in [0, 0.05) is 17.0 Å². The fourth-order valence-electron chi connectivity index (χ4n) is 1.40. The molecule has 72 valence electrons. The molecule has 1 aromatic rings. The van der Waals surface area contributed by atoms with Crippen LogP contribution in [0.1, 0.15) is 5.56 Å². The summed E-state index contributed by atoms with van der Waals surface area (Å²) in [7, 11) is 0. The first-order chi connectivity index (χ1) is 6.75. The monoisotopic (exact) mass is 252 g/mol. The van der Waals surface area contributed by atoms with Crippen LogP contribution in [0.25, 0.3) is 0 Å². The lowest BCUT2D eigenvalue weighted by atomic mass is 10.1. The van der Waals surface area contributed by atoms with Crippen molar-refractivity contribution in [3.05, 3.63) is 46.5 Å². The third kappa shape index (κ3) is 2.04. The van der Waals surface area contributed by atoms with Gasteiger partial charge in [-0.3, -0.25) is 0 Å². The second-order valence-electron chi connectivity index (χ2n) is 3.14. The molecule has 1 unspecified atom stereocenters. The summed E-state index contributed by atoms with van der Waals surface area (Å²) >= 11 is 3.32. The molecule has 0 N–H and O–H groups in total. The summed E-state index contributed by atoms with van der Waals surface area (Å²) in [6.07, 6.45) is 2.06. The highest BCUT2D eigenvalue weighted by molar-refractivity contribution is 9.11. The standard InChI is InChI=1S/C11H9BrO2/c12-9-7-11(13)14-10(9)6-8-4-2-1-3-5-8/h1-5,7,10H,6H2. The lowest BCUT2D eigenvalue weighted by molar-refractivity contribution is -0.138. The predicted octanol–water partition coefficient (Wildman–Crippen LogP) is 2.43. The fraction of sp³-hybridized carbons (Fsp3) is 0.182.